The zero-order chi connectivity index (χ0) is 12.8. The summed E-state index contributed by atoms with van der Waals surface area (Å²) in [5.41, 5.74) is 6.42. The van der Waals surface area contributed by atoms with Gasteiger partial charge in [-0.2, -0.15) is 0 Å². The molecule has 0 aliphatic heterocycles. The van der Waals surface area contributed by atoms with Gasteiger partial charge in [-0.3, -0.25) is 4.79 Å². The van der Waals surface area contributed by atoms with Crippen molar-refractivity contribution in [2.24, 2.45) is 10.9 Å². The number of amidine groups is 1. The molecule has 0 aliphatic rings. The summed E-state index contributed by atoms with van der Waals surface area (Å²) in [4.78, 5) is 13.2. The van der Waals surface area contributed by atoms with Gasteiger partial charge in [-0.1, -0.05) is 17.3 Å². The maximum atomic E-state index is 11.8. The molecule has 17 heavy (non-hydrogen) atoms. The van der Waals surface area contributed by atoms with Gasteiger partial charge in [-0.05, 0) is 12.1 Å². The smallest absolute Gasteiger partial charge is 0.253 e. The lowest BCUT2D eigenvalue weighted by molar-refractivity contribution is 0.0767. The van der Waals surface area contributed by atoms with Crippen molar-refractivity contribution in [2.75, 3.05) is 20.2 Å². The number of hydrogen-bond donors (Lipinski definition) is 3. The standard InChI is InChI=1S/C11H15N3O3/c1-14(6-7-15)11(16)9-4-2-8(3-5-9)10(12)13-17/h2-5,15,17H,6-7H2,1H3,(H2,12,13). The Balaban J connectivity index is 2.84. The van der Waals surface area contributed by atoms with E-state index in [4.69, 9.17) is 16.0 Å². The van der Waals surface area contributed by atoms with Crippen LogP contribution >= 0.6 is 0 Å². The summed E-state index contributed by atoms with van der Waals surface area (Å²) in [7, 11) is 1.61. The molecule has 0 spiro atoms. The molecule has 1 amide bonds. The van der Waals surface area contributed by atoms with Crippen molar-refractivity contribution in [1.82, 2.24) is 4.90 Å². The van der Waals surface area contributed by atoms with Crippen molar-refractivity contribution in [2.45, 2.75) is 0 Å². The largest absolute Gasteiger partial charge is 0.409 e. The van der Waals surface area contributed by atoms with Crippen LogP contribution in [0.3, 0.4) is 0 Å². The van der Waals surface area contributed by atoms with Crippen LogP contribution < -0.4 is 5.73 Å². The Morgan fingerprint density at radius 3 is 2.35 bits per heavy atom. The number of rotatable bonds is 4. The van der Waals surface area contributed by atoms with Gasteiger partial charge in [-0.15, -0.1) is 0 Å². The Labute approximate surface area is 99.0 Å². The molecule has 0 unspecified atom stereocenters. The summed E-state index contributed by atoms with van der Waals surface area (Å²) in [6.45, 7) is 0.200. The average Bonchev–Trinajstić information content (AvgIpc) is 2.37. The molecule has 0 saturated carbocycles. The molecular formula is C11H15N3O3. The minimum absolute atomic E-state index is 0.00675. The molecule has 6 heteroatoms. The summed E-state index contributed by atoms with van der Waals surface area (Å²) in [5.74, 6) is -0.196. The van der Waals surface area contributed by atoms with Gasteiger partial charge < -0.3 is 20.9 Å². The average molecular weight is 237 g/mol. The first-order valence-corrected chi connectivity index (χ1v) is 5.04. The van der Waals surface area contributed by atoms with E-state index < -0.39 is 0 Å². The van der Waals surface area contributed by atoms with Crippen LogP contribution in [-0.2, 0) is 0 Å². The first-order valence-electron chi connectivity index (χ1n) is 5.04. The second-order valence-corrected chi connectivity index (χ2v) is 3.51. The number of likely N-dealkylation sites (N-methyl/N-ethyl adjacent to an activating group) is 1. The highest BCUT2D eigenvalue weighted by Crippen LogP contribution is 2.06. The zero-order valence-electron chi connectivity index (χ0n) is 9.50. The van der Waals surface area contributed by atoms with E-state index >= 15 is 0 Å². The highest BCUT2D eigenvalue weighted by atomic mass is 16.4. The van der Waals surface area contributed by atoms with Crippen molar-refractivity contribution >= 4 is 11.7 Å². The van der Waals surface area contributed by atoms with Crippen LogP contribution in [0.1, 0.15) is 15.9 Å². The summed E-state index contributed by atoms with van der Waals surface area (Å²) >= 11 is 0. The van der Waals surface area contributed by atoms with Gasteiger partial charge in [0, 0.05) is 24.7 Å². The molecule has 6 nitrogen and oxygen atoms in total. The predicted octanol–water partition coefficient (Wildman–Crippen LogP) is -0.155. The highest BCUT2D eigenvalue weighted by molar-refractivity contribution is 5.99. The number of carbonyl (C=O) groups is 1. The molecule has 4 N–H and O–H groups in total. The van der Waals surface area contributed by atoms with Crippen molar-refractivity contribution in [1.29, 1.82) is 0 Å². The summed E-state index contributed by atoms with van der Waals surface area (Å²) < 4.78 is 0. The maximum Gasteiger partial charge on any atom is 0.253 e. The molecular weight excluding hydrogens is 222 g/mol. The number of aliphatic hydroxyl groups is 1. The fourth-order valence-electron chi connectivity index (χ4n) is 1.31. The van der Waals surface area contributed by atoms with Gasteiger partial charge in [0.15, 0.2) is 5.84 Å². The van der Waals surface area contributed by atoms with Crippen LogP contribution in [0.4, 0.5) is 0 Å². The van der Waals surface area contributed by atoms with Crippen LogP contribution in [-0.4, -0.2) is 47.2 Å². The van der Waals surface area contributed by atoms with Gasteiger partial charge in [0.2, 0.25) is 0 Å². The SMILES string of the molecule is CN(CCO)C(=O)c1ccc(/C(N)=N/O)cc1. The van der Waals surface area contributed by atoms with E-state index in [0.29, 0.717) is 11.1 Å². The summed E-state index contributed by atoms with van der Waals surface area (Å²) in [6, 6.07) is 6.36. The number of nitrogens with two attached hydrogens (primary N) is 1. The lowest BCUT2D eigenvalue weighted by Gasteiger charge is -2.15. The number of benzene rings is 1. The molecule has 0 aromatic heterocycles. The number of carbonyl (C=O) groups excluding carboxylic acids is 1. The Morgan fingerprint density at radius 1 is 1.35 bits per heavy atom. The van der Waals surface area contributed by atoms with E-state index in [1.54, 1.807) is 31.3 Å². The third-order valence-electron chi connectivity index (χ3n) is 2.32. The molecule has 92 valence electrons. The number of hydrogen-bond acceptors (Lipinski definition) is 4. The Hall–Kier alpha value is -2.08. The topological polar surface area (TPSA) is 99.2 Å². The van der Waals surface area contributed by atoms with Gasteiger partial charge in [-0.25, -0.2) is 0 Å². The molecule has 1 aromatic rings. The third-order valence-corrected chi connectivity index (χ3v) is 2.32. The first kappa shape index (κ1) is 13.0. The fraction of sp³-hybridized carbons (Fsp3) is 0.273. The predicted molar refractivity (Wildman–Crippen MR) is 63.0 cm³/mol. The molecule has 0 saturated heterocycles. The lowest BCUT2D eigenvalue weighted by atomic mass is 10.1. The van der Waals surface area contributed by atoms with Crippen LogP contribution in [0.5, 0.6) is 0 Å². The Kier molecular flexibility index (Phi) is 4.47. The maximum absolute atomic E-state index is 11.8. The van der Waals surface area contributed by atoms with E-state index in [1.165, 1.54) is 4.90 Å². The van der Waals surface area contributed by atoms with E-state index in [1.807, 2.05) is 0 Å². The molecule has 0 fully saturated rings. The van der Waals surface area contributed by atoms with Gasteiger partial charge >= 0.3 is 0 Å². The molecule has 0 bridgehead atoms. The van der Waals surface area contributed by atoms with E-state index in [9.17, 15) is 4.79 Å². The van der Waals surface area contributed by atoms with Crippen molar-refractivity contribution in [3.05, 3.63) is 35.4 Å². The van der Waals surface area contributed by atoms with Crippen LogP contribution in [0.25, 0.3) is 0 Å². The van der Waals surface area contributed by atoms with Crippen LogP contribution in [0, 0.1) is 0 Å². The summed E-state index contributed by atoms with van der Waals surface area (Å²) in [5, 5.41) is 20.1. The molecule has 1 aromatic carbocycles. The molecule has 0 radical (unpaired) electrons. The van der Waals surface area contributed by atoms with Crippen molar-refractivity contribution in [3.8, 4) is 0 Å². The monoisotopic (exact) mass is 237 g/mol. The van der Waals surface area contributed by atoms with E-state index in [-0.39, 0.29) is 24.9 Å². The zero-order valence-corrected chi connectivity index (χ0v) is 9.50. The van der Waals surface area contributed by atoms with Crippen molar-refractivity contribution < 1.29 is 15.1 Å². The number of amides is 1. The van der Waals surface area contributed by atoms with Crippen LogP contribution in [0.2, 0.25) is 0 Å². The normalized spacial score (nSPS) is 11.3. The Morgan fingerprint density at radius 2 is 1.88 bits per heavy atom. The second-order valence-electron chi connectivity index (χ2n) is 3.51. The molecule has 0 heterocycles. The number of nitrogens with zero attached hydrogens (tertiary/aromatic N) is 2. The third kappa shape index (κ3) is 3.18. The van der Waals surface area contributed by atoms with Gasteiger partial charge in [0.1, 0.15) is 0 Å². The second kappa shape index (κ2) is 5.86. The highest BCUT2D eigenvalue weighted by Gasteiger charge is 2.11. The van der Waals surface area contributed by atoms with Crippen LogP contribution in [0.15, 0.2) is 29.4 Å². The Bertz CT molecular complexity index is 414. The van der Waals surface area contributed by atoms with Gasteiger partial charge in [0.25, 0.3) is 5.91 Å². The van der Waals surface area contributed by atoms with Crippen molar-refractivity contribution in [3.63, 3.8) is 0 Å². The lowest BCUT2D eigenvalue weighted by Crippen LogP contribution is -2.29. The fourth-order valence-corrected chi connectivity index (χ4v) is 1.31. The van der Waals surface area contributed by atoms with E-state index in [2.05, 4.69) is 5.16 Å². The quantitative estimate of drug-likeness (QED) is 0.293. The number of oxime groups is 1. The minimum atomic E-state index is -0.190. The first-order chi connectivity index (χ1) is 8.10. The molecule has 0 aliphatic carbocycles. The van der Waals surface area contributed by atoms with Gasteiger partial charge in [0.05, 0.1) is 6.61 Å². The molecule has 0 atom stereocenters. The van der Waals surface area contributed by atoms with E-state index in [0.717, 1.165) is 0 Å². The molecule has 1 rings (SSSR count). The summed E-state index contributed by atoms with van der Waals surface area (Å²) in [6.07, 6.45) is 0. The number of aliphatic hydroxyl groups excluding tert-OH is 1. The minimum Gasteiger partial charge on any atom is -0.409 e.